The number of aliphatic carboxylic acids is 4. The molecule has 0 aromatic carbocycles. The van der Waals surface area contributed by atoms with Gasteiger partial charge in [-0.05, 0) is 13.8 Å². The van der Waals surface area contributed by atoms with E-state index >= 15 is 0 Å². The van der Waals surface area contributed by atoms with Crippen LogP contribution in [-0.4, -0.2) is 139 Å². The van der Waals surface area contributed by atoms with Crippen LogP contribution in [-0.2, 0) is 19.2 Å². The molecule has 0 aromatic heterocycles. The summed E-state index contributed by atoms with van der Waals surface area (Å²) in [4.78, 5) is 38.9. The van der Waals surface area contributed by atoms with Crippen molar-refractivity contribution in [3.63, 3.8) is 0 Å². The molecular weight excluding hydrogens is 408 g/mol. The first-order valence-electron chi connectivity index (χ1n) is 6.53. The van der Waals surface area contributed by atoms with E-state index in [-0.39, 0.29) is 37.7 Å². The Hall–Kier alpha value is -1.10. The zero-order valence-electron chi connectivity index (χ0n) is 14.2. The molecule has 0 aromatic rings. The topological polar surface area (TPSA) is 276 Å². The van der Waals surface area contributed by atoms with Crippen LogP contribution in [0.4, 0.5) is 0 Å². The number of hydrogen-bond acceptors (Lipinski definition) is 12. The number of hydrogen-bond donors (Lipinski definition) is 8. The van der Waals surface area contributed by atoms with Gasteiger partial charge in [0.1, 0.15) is 12.2 Å². The van der Waals surface area contributed by atoms with Crippen molar-refractivity contribution in [2.45, 2.75) is 50.5 Å². The molecule has 27 heavy (non-hydrogen) atoms. The van der Waals surface area contributed by atoms with E-state index in [0.29, 0.717) is 0 Å². The molecule has 0 fully saturated rings. The Kier molecular flexibility index (Phi) is 21.1. The summed E-state index contributed by atoms with van der Waals surface area (Å²) in [6.07, 6.45) is -12.0. The van der Waals surface area contributed by atoms with Gasteiger partial charge in [0, 0.05) is 0 Å². The number of carboxylic acid groups (broad SMARTS) is 4. The maximum Gasteiger partial charge on any atom is 2.00 e. The van der Waals surface area contributed by atoms with Gasteiger partial charge in [-0.1, -0.05) is 0 Å². The van der Waals surface area contributed by atoms with Gasteiger partial charge in [0.15, 0.2) is 12.2 Å². The Labute approximate surface area is 181 Å². The molecule has 0 radical (unpaired) electrons. The van der Waals surface area contributed by atoms with Gasteiger partial charge in [-0.15, -0.1) is 0 Å². The zero-order valence-corrected chi connectivity index (χ0v) is 16.4. The molecule has 0 aliphatic rings. The molecule has 0 saturated heterocycles. The second-order valence-electron chi connectivity index (χ2n) is 4.54. The minimum absolute atomic E-state index is 0. The van der Waals surface area contributed by atoms with Crippen LogP contribution in [0.3, 0.4) is 0 Å². The summed E-state index contributed by atoms with van der Waals surface area (Å²) in [6.45, 7) is 2.27. The molecule has 15 heteroatoms. The molecule has 0 heterocycles. The Balaban J connectivity index is -0.000000170. The summed E-state index contributed by atoms with van der Waals surface area (Å²) in [5.41, 5.74) is 0. The van der Waals surface area contributed by atoms with Gasteiger partial charge < -0.3 is 60.7 Å². The number of aliphatic hydroxyl groups is 6. The van der Waals surface area contributed by atoms with Crippen molar-refractivity contribution in [2.24, 2.45) is 0 Å². The second-order valence-corrected chi connectivity index (χ2v) is 4.54. The van der Waals surface area contributed by atoms with Gasteiger partial charge in [0.2, 0.25) is 0 Å². The van der Waals surface area contributed by atoms with Crippen molar-refractivity contribution >= 4 is 61.6 Å². The molecule has 0 spiro atoms. The molecular formula is C12H20CaO14. The van der Waals surface area contributed by atoms with E-state index in [0.717, 1.165) is 13.8 Å². The Bertz CT molecular complexity index is 423. The summed E-state index contributed by atoms with van der Waals surface area (Å²) >= 11 is 0. The maximum atomic E-state index is 10.1. The third-order valence-electron chi connectivity index (χ3n) is 2.19. The molecule has 154 valence electrons. The van der Waals surface area contributed by atoms with Gasteiger partial charge in [-0.3, -0.25) is 0 Å². The first kappa shape index (κ1) is 33.5. The molecule has 0 aliphatic carbocycles. The van der Waals surface area contributed by atoms with Crippen molar-refractivity contribution in [1.29, 1.82) is 0 Å². The fourth-order valence-electron chi connectivity index (χ4n) is 0.666. The third kappa shape index (κ3) is 18.0. The summed E-state index contributed by atoms with van der Waals surface area (Å²) in [5.74, 6) is -6.55. The van der Waals surface area contributed by atoms with E-state index in [1.165, 1.54) is 0 Å². The molecule has 0 rings (SSSR count). The summed E-state index contributed by atoms with van der Waals surface area (Å²) < 4.78 is 0. The molecule has 0 bridgehead atoms. The van der Waals surface area contributed by atoms with Gasteiger partial charge in [0.05, 0.1) is 24.1 Å². The maximum absolute atomic E-state index is 10.1. The Morgan fingerprint density at radius 1 is 0.630 bits per heavy atom. The predicted octanol–water partition coefficient (Wildman–Crippen LogP) is -7.55. The van der Waals surface area contributed by atoms with E-state index in [2.05, 4.69) is 0 Å². The van der Waals surface area contributed by atoms with Crippen LogP contribution in [0.15, 0.2) is 0 Å². The van der Waals surface area contributed by atoms with Crippen LogP contribution < -0.4 is 10.2 Å². The monoisotopic (exact) mass is 428 g/mol. The molecule has 0 amide bonds. The molecule has 14 nitrogen and oxygen atoms in total. The summed E-state index contributed by atoms with van der Waals surface area (Å²) in [7, 11) is 0. The van der Waals surface area contributed by atoms with Crippen LogP contribution in [0.2, 0.25) is 0 Å². The number of carboxylic acids is 4. The number of carbonyl (C=O) groups excluding carboxylic acids is 2. The minimum atomic E-state index is -2.36. The predicted molar refractivity (Wildman–Crippen MR) is 78.4 cm³/mol. The smallest absolute Gasteiger partial charge is 0.547 e. The van der Waals surface area contributed by atoms with E-state index in [1.54, 1.807) is 0 Å². The largest absolute Gasteiger partial charge is 2.00 e. The fraction of sp³-hybridized carbons (Fsp3) is 0.667. The Morgan fingerprint density at radius 3 is 0.852 bits per heavy atom. The molecule has 0 saturated carbocycles. The van der Waals surface area contributed by atoms with Gasteiger partial charge in [-0.25, -0.2) is 9.59 Å². The molecule has 0 aliphatic heterocycles. The van der Waals surface area contributed by atoms with E-state index in [4.69, 9.17) is 40.9 Å². The first-order chi connectivity index (χ1) is 11.6. The SMILES string of the molecule is CC(O)C(=O)[O-].CC(O)C(=O)[O-].O=C(O)C(O)C(O)C(O)C(O)C(=O)O.[Ca+2]. The minimum Gasteiger partial charge on any atom is -0.547 e. The molecule has 8 N–H and O–H groups in total. The third-order valence-corrected chi connectivity index (χ3v) is 2.19. The van der Waals surface area contributed by atoms with Gasteiger partial charge in [-0.2, -0.15) is 0 Å². The van der Waals surface area contributed by atoms with E-state index < -0.39 is 60.5 Å². The summed E-state index contributed by atoms with van der Waals surface area (Å²) in [6, 6.07) is 0. The van der Waals surface area contributed by atoms with Crippen molar-refractivity contribution in [3.05, 3.63) is 0 Å². The fourth-order valence-corrected chi connectivity index (χ4v) is 0.666. The van der Waals surface area contributed by atoms with Crippen LogP contribution in [0.1, 0.15) is 13.8 Å². The van der Waals surface area contributed by atoms with Crippen molar-refractivity contribution in [3.8, 4) is 0 Å². The van der Waals surface area contributed by atoms with Gasteiger partial charge >= 0.3 is 49.7 Å². The quantitative estimate of drug-likeness (QED) is 0.175. The normalized spacial score (nSPS) is 16.1. The van der Waals surface area contributed by atoms with Crippen molar-refractivity contribution < 1.29 is 70.2 Å². The number of carbonyl (C=O) groups is 4. The van der Waals surface area contributed by atoms with Crippen LogP contribution in [0, 0.1) is 0 Å². The van der Waals surface area contributed by atoms with Crippen LogP contribution in [0.5, 0.6) is 0 Å². The number of rotatable bonds is 7. The average molecular weight is 428 g/mol. The second kappa shape index (κ2) is 17.0. The van der Waals surface area contributed by atoms with E-state index in [1.807, 2.05) is 0 Å². The zero-order chi connectivity index (χ0) is 21.8. The summed E-state index contributed by atoms with van der Waals surface area (Å²) in [5, 5.41) is 86.1. The van der Waals surface area contributed by atoms with Crippen LogP contribution >= 0.6 is 0 Å². The van der Waals surface area contributed by atoms with E-state index in [9.17, 15) is 29.4 Å². The standard InChI is InChI=1S/C6H10O8.2C3H6O3.Ca/c7-1(3(9)5(11)12)2(8)4(10)6(13)14;2*1-2(4)3(5)6;/h1-4,7-10H,(H,11,12)(H,13,14);2*2,4H,1H3,(H,5,6);/q;;;+2/p-2. The molecule has 6 atom stereocenters. The average Bonchev–Trinajstić information content (AvgIpc) is 2.52. The number of aliphatic hydroxyl groups excluding tert-OH is 6. The van der Waals surface area contributed by atoms with Crippen molar-refractivity contribution in [1.82, 2.24) is 0 Å². The van der Waals surface area contributed by atoms with Gasteiger partial charge in [0.25, 0.3) is 0 Å². The van der Waals surface area contributed by atoms with Crippen molar-refractivity contribution in [2.75, 3.05) is 0 Å². The van der Waals surface area contributed by atoms with Crippen LogP contribution in [0.25, 0.3) is 0 Å². The Morgan fingerprint density at radius 2 is 0.778 bits per heavy atom. The molecule has 6 unspecified atom stereocenters. The first-order valence-corrected chi connectivity index (χ1v) is 6.53.